The average Bonchev–Trinajstić information content (AvgIpc) is 3.26. The van der Waals surface area contributed by atoms with E-state index in [-0.39, 0.29) is 37.6 Å². The Morgan fingerprint density at radius 2 is 1.86 bits per heavy atom. The highest BCUT2D eigenvalue weighted by Gasteiger charge is 2.29. The van der Waals surface area contributed by atoms with Gasteiger partial charge >= 0.3 is 5.97 Å². The zero-order valence-corrected chi connectivity index (χ0v) is 16.2. The standard InChI is InChI=1S/C19H19ClN4O5/c20-14-4-2-1-3-13(14)11-24-15(7-9-21-24)22-16(25)12-29-19(28)8-10-23-17(26)5-6-18(23)27/h1-4,7,9H,5-6,8,10-12H2,(H,22,25). The molecule has 9 nitrogen and oxygen atoms in total. The Kier molecular flexibility index (Phi) is 6.61. The summed E-state index contributed by atoms with van der Waals surface area (Å²) in [5.41, 5.74) is 0.839. The lowest BCUT2D eigenvalue weighted by Gasteiger charge is -2.13. The Bertz CT molecular complexity index is 926. The minimum atomic E-state index is -0.669. The predicted molar refractivity (Wildman–Crippen MR) is 103 cm³/mol. The maximum atomic E-state index is 12.1. The fourth-order valence-corrected chi connectivity index (χ4v) is 3.02. The second-order valence-corrected chi connectivity index (χ2v) is 6.77. The van der Waals surface area contributed by atoms with Gasteiger partial charge in [-0.25, -0.2) is 4.68 Å². The summed E-state index contributed by atoms with van der Waals surface area (Å²) in [5.74, 6) is -1.37. The van der Waals surface area contributed by atoms with Crippen LogP contribution in [0.3, 0.4) is 0 Å². The largest absolute Gasteiger partial charge is 0.456 e. The molecule has 10 heteroatoms. The lowest BCUT2D eigenvalue weighted by molar-refractivity contribution is -0.148. The van der Waals surface area contributed by atoms with Gasteiger partial charge in [-0.15, -0.1) is 0 Å². The van der Waals surface area contributed by atoms with E-state index in [9.17, 15) is 19.2 Å². The number of rotatable bonds is 8. The molecule has 3 amide bonds. The number of hydrogen-bond donors (Lipinski definition) is 1. The SMILES string of the molecule is O=C(COC(=O)CCN1C(=O)CCC1=O)Nc1ccnn1Cc1ccccc1Cl. The molecule has 0 aliphatic carbocycles. The number of carbonyl (C=O) groups is 4. The molecule has 2 heterocycles. The second-order valence-electron chi connectivity index (χ2n) is 6.36. The van der Waals surface area contributed by atoms with Crippen LogP contribution in [0.5, 0.6) is 0 Å². The molecule has 0 atom stereocenters. The molecule has 2 aromatic rings. The van der Waals surface area contributed by atoms with Crippen molar-refractivity contribution >= 4 is 41.1 Å². The van der Waals surface area contributed by atoms with E-state index in [0.717, 1.165) is 10.5 Å². The number of imide groups is 1. The zero-order chi connectivity index (χ0) is 20.8. The number of halogens is 1. The minimum absolute atomic E-state index is 0.0390. The van der Waals surface area contributed by atoms with E-state index in [4.69, 9.17) is 16.3 Å². The Hall–Kier alpha value is -3.20. The number of amides is 3. The monoisotopic (exact) mass is 418 g/mol. The number of nitrogens with zero attached hydrogens (tertiary/aromatic N) is 3. The van der Waals surface area contributed by atoms with Crippen LogP contribution in [0.15, 0.2) is 36.5 Å². The molecule has 29 heavy (non-hydrogen) atoms. The summed E-state index contributed by atoms with van der Waals surface area (Å²) in [4.78, 5) is 47.9. The number of nitrogens with one attached hydrogen (secondary N) is 1. The highest BCUT2D eigenvalue weighted by atomic mass is 35.5. The van der Waals surface area contributed by atoms with Gasteiger partial charge in [-0.05, 0) is 11.6 Å². The summed E-state index contributed by atoms with van der Waals surface area (Å²) < 4.78 is 6.47. The van der Waals surface area contributed by atoms with Crippen LogP contribution in [-0.4, -0.2) is 51.5 Å². The minimum Gasteiger partial charge on any atom is -0.456 e. The van der Waals surface area contributed by atoms with Gasteiger partial charge in [0.1, 0.15) is 5.82 Å². The summed E-state index contributed by atoms with van der Waals surface area (Å²) in [7, 11) is 0. The third-order valence-electron chi connectivity index (χ3n) is 4.32. The summed E-state index contributed by atoms with van der Waals surface area (Å²) >= 11 is 6.15. The lowest BCUT2D eigenvalue weighted by Crippen LogP contribution is -2.32. The van der Waals surface area contributed by atoms with Crippen LogP contribution in [0.4, 0.5) is 5.82 Å². The molecule has 0 unspecified atom stereocenters. The van der Waals surface area contributed by atoms with Crippen LogP contribution in [0.25, 0.3) is 0 Å². The highest BCUT2D eigenvalue weighted by molar-refractivity contribution is 6.31. The fraction of sp³-hybridized carbons (Fsp3) is 0.316. The molecule has 1 aromatic heterocycles. The summed E-state index contributed by atoms with van der Waals surface area (Å²) in [6.07, 6.45) is 1.70. The van der Waals surface area contributed by atoms with Gasteiger partial charge in [0, 0.05) is 30.5 Å². The summed E-state index contributed by atoms with van der Waals surface area (Å²) in [6.45, 7) is -0.166. The average molecular weight is 419 g/mol. The van der Waals surface area contributed by atoms with E-state index < -0.39 is 18.5 Å². The molecule has 1 N–H and O–H groups in total. The van der Waals surface area contributed by atoms with Crippen molar-refractivity contribution in [1.82, 2.24) is 14.7 Å². The van der Waals surface area contributed by atoms with Crippen molar-refractivity contribution in [3.63, 3.8) is 0 Å². The van der Waals surface area contributed by atoms with Crippen molar-refractivity contribution in [2.75, 3.05) is 18.5 Å². The number of likely N-dealkylation sites (tertiary alicyclic amines) is 1. The van der Waals surface area contributed by atoms with Crippen molar-refractivity contribution in [3.05, 3.63) is 47.1 Å². The van der Waals surface area contributed by atoms with Crippen molar-refractivity contribution < 1.29 is 23.9 Å². The van der Waals surface area contributed by atoms with Crippen molar-refractivity contribution in [3.8, 4) is 0 Å². The highest BCUT2D eigenvalue weighted by Crippen LogP contribution is 2.18. The molecule has 0 spiro atoms. The number of esters is 1. The summed E-state index contributed by atoms with van der Waals surface area (Å²) in [6, 6.07) is 8.91. The third kappa shape index (κ3) is 5.41. The van der Waals surface area contributed by atoms with E-state index >= 15 is 0 Å². The fourth-order valence-electron chi connectivity index (χ4n) is 2.83. The summed E-state index contributed by atoms with van der Waals surface area (Å²) in [5, 5.41) is 7.36. The first kappa shape index (κ1) is 20.5. The molecule has 1 aliphatic rings. The van der Waals surface area contributed by atoms with Gasteiger partial charge in [0.15, 0.2) is 6.61 Å². The topological polar surface area (TPSA) is 111 Å². The number of hydrogen-bond acceptors (Lipinski definition) is 6. The Labute approximate surface area is 171 Å². The second kappa shape index (κ2) is 9.33. The Morgan fingerprint density at radius 1 is 1.14 bits per heavy atom. The van der Waals surface area contributed by atoms with Crippen LogP contribution in [-0.2, 0) is 30.5 Å². The van der Waals surface area contributed by atoms with E-state index in [1.165, 1.54) is 6.20 Å². The molecule has 0 saturated carbocycles. The molecular weight excluding hydrogens is 400 g/mol. The predicted octanol–water partition coefficient (Wildman–Crippen LogP) is 1.61. The van der Waals surface area contributed by atoms with Gasteiger partial charge in [-0.3, -0.25) is 24.1 Å². The molecule has 1 aromatic carbocycles. The van der Waals surface area contributed by atoms with Gasteiger partial charge in [0.25, 0.3) is 5.91 Å². The van der Waals surface area contributed by atoms with Crippen LogP contribution >= 0.6 is 11.6 Å². The van der Waals surface area contributed by atoms with E-state index in [0.29, 0.717) is 17.4 Å². The first-order chi connectivity index (χ1) is 13.9. The van der Waals surface area contributed by atoms with Crippen LogP contribution in [0, 0.1) is 0 Å². The van der Waals surface area contributed by atoms with E-state index in [2.05, 4.69) is 10.4 Å². The number of ether oxygens (including phenoxy) is 1. The number of anilines is 1. The van der Waals surface area contributed by atoms with Crippen LogP contribution < -0.4 is 5.32 Å². The smallest absolute Gasteiger partial charge is 0.308 e. The molecular formula is C19H19ClN4O5. The van der Waals surface area contributed by atoms with E-state index in [1.54, 1.807) is 16.8 Å². The lowest BCUT2D eigenvalue weighted by atomic mass is 10.2. The number of aromatic nitrogens is 2. The van der Waals surface area contributed by atoms with Gasteiger partial charge in [0.2, 0.25) is 11.8 Å². The number of benzene rings is 1. The molecule has 1 saturated heterocycles. The van der Waals surface area contributed by atoms with Crippen LogP contribution in [0.1, 0.15) is 24.8 Å². The van der Waals surface area contributed by atoms with Crippen molar-refractivity contribution in [1.29, 1.82) is 0 Å². The number of carbonyl (C=O) groups excluding carboxylic acids is 4. The maximum Gasteiger partial charge on any atom is 0.308 e. The quantitative estimate of drug-likeness (QED) is 0.515. The first-order valence-corrected chi connectivity index (χ1v) is 9.35. The zero-order valence-electron chi connectivity index (χ0n) is 15.5. The van der Waals surface area contributed by atoms with Gasteiger partial charge in [0.05, 0.1) is 19.2 Å². The normalized spacial score (nSPS) is 13.6. The van der Waals surface area contributed by atoms with Crippen LogP contribution in [0.2, 0.25) is 5.02 Å². The van der Waals surface area contributed by atoms with Gasteiger partial charge in [-0.1, -0.05) is 29.8 Å². The molecule has 3 rings (SSSR count). The Balaban J connectivity index is 1.46. The van der Waals surface area contributed by atoms with Crippen molar-refractivity contribution in [2.24, 2.45) is 0 Å². The molecule has 1 fully saturated rings. The van der Waals surface area contributed by atoms with Gasteiger partial charge < -0.3 is 10.1 Å². The maximum absolute atomic E-state index is 12.1. The third-order valence-corrected chi connectivity index (χ3v) is 4.69. The Morgan fingerprint density at radius 3 is 2.59 bits per heavy atom. The van der Waals surface area contributed by atoms with E-state index in [1.807, 2.05) is 18.2 Å². The first-order valence-electron chi connectivity index (χ1n) is 8.98. The molecule has 0 bridgehead atoms. The molecule has 0 radical (unpaired) electrons. The molecule has 1 aliphatic heterocycles. The molecule has 152 valence electrons. The van der Waals surface area contributed by atoms with Gasteiger partial charge in [-0.2, -0.15) is 5.10 Å². The van der Waals surface area contributed by atoms with Crippen molar-refractivity contribution in [2.45, 2.75) is 25.8 Å².